The van der Waals surface area contributed by atoms with Gasteiger partial charge in [-0.3, -0.25) is 0 Å². The molecule has 2 N–H and O–H groups in total. The Morgan fingerprint density at radius 3 is 2.83 bits per heavy atom. The van der Waals surface area contributed by atoms with E-state index in [1.165, 1.54) is 6.20 Å². The molecule has 0 aliphatic heterocycles. The summed E-state index contributed by atoms with van der Waals surface area (Å²) in [5, 5.41) is 8.88. The highest BCUT2D eigenvalue weighted by molar-refractivity contribution is 9.10. The number of halogens is 1. The first kappa shape index (κ1) is 12.4. The number of hydrogen-bond donors (Lipinski definition) is 1. The minimum absolute atomic E-state index is 0.235. The van der Waals surface area contributed by atoms with Gasteiger partial charge in [-0.25, -0.2) is 4.98 Å². The Kier molecular flexibility index (Phi) is 3.49. The second-order valence-electron chi connectivity index (χ2n) is 3.73. The summed E-state index contributed by atoms with van der Waals surface area (Å²) in [6.45, 7) is 1.98. The molecule has 2 rings (SSSR count). The van der Waals surface area contributed by atoms with E-state index in [1.54, 1.807) is 6.07 Å². The average Bonchev–Trinajstić information content (AvgIpc) is 2.35. The van der Waals surface area contributed by atoms with Crippen molar-refractivity contribution in [1.29, 1.82) is 5.26 Å². The third kappa shape index (κ3) is 2.44. The van der Waals surface area contributed by atoms with Crippen LogP contribution in [0.3, 0.4) is 0 Å². The second kappa shape index (κ2) is 5.07. The Bertz CT molecular complexity index is 635. The number of aromatic nitrogens is 1. The third-order valence-corrected chi connectivity index (χ3v) is 2.99. The standard InChI is InChI=1S/C13H10BrN3O/c1-8-2-3-11(10(14)6-8)18-13-12(16)9(7-15)4-5-17-13/h2-6H,16H2,1H3. The van der Waals surface area contributed by atoms with Crippen LogP contribution in [0.5, 0.6) is 11.6 Å². The van der Waals surface area contributed by atoms with Crippen molar-refractivity contribution in [2.24, 2.45) is 0 Å². The monoisotopic (exact) mass is 303 g/mol. The second-order valence-corrected chi connectivity index (χ2v) is 4.58. The number of rotatable bonds is 2. The predicted octanol–water partition coefficient (Wildman–Crippen LogP) is 3.40. The smallest absolute Gasteiger partial charge is 0.244 e. The fourth-order valence-corrected chi connectivity index (χ4v) is 2.00. The highest BCUT2D eigenvalue weighted by atomic mass is 79.9. The molecule has 1 aromatic heterocycles. The average molecular weight is 304 g/mol. The third-order valence-electron chi connectivity index (χ3n) is 2.37. The normalized spacial score (nSPS) is 9.83. The zero-order chi connectivity index (χ0) is 13.1. The summed E-state index contributed by atoms with van der Waals surface area (Å²) < 4.78 is 6.41. The first-order valence-corrected chi connectivity index (χ1v) is 5.99. The maximum atomic E-state index is 8.88. The van der Waals surface area contributed by atoms with Crippen molar-refractivity contribution < 1.29 is 4.74 Å². The van der Waals surface area contributed by atoms with E-state index >= 15 is 0 Å². The van der Waals surface area contributed by atoms with E-state index in [2.05, 4.69) is 20.9 Å². The lowest BCUT2D eigenvalue weighted by Crippen LogP contribution is -1.98. The van der Waals surface area contributed by atoms with Crippen LogP contribution in [0, 0.1) is 18.3 Å². The maximum Gasteiger partial charge on any atom is 0.244 e. The molecule has 0 saturated carbocycles. The summed E-state index contributed by atoms with van der Waals surface area (Å²) >= 11 is 3.41. The fraction of sp³-hybridized carbons (Fsp3) is 0.0769. The molecule has 0 saturated heterocycles. The van der Waals surface area contributed by atoms with Crippen LogP contribution in [-0.2, 0) is 0 Å². The number of nitrogens with zero attached hydrogens (tertiary/aromatic N) is 2. The molecule has 0 bridgehead atoms. The van der Waals surface area contributed by atoms with Crippen LogP contribution in [0.15, 0.2) is 34.9 Å². The van der Waals surface area contributed by atoms with E-state index in [4.69, 9.17) is 15.7 Å². The van der Waals surface area contributed by atoms with E-state index in [0.29, 0.717) is 11.3 Å². The molecule has 0 amide bonds. The highest BCUT2D eigenvalue weighted by Gasteiger charge is 2.10. The molecule has 5 heteroatoms. The van der Waals surface area contributed by atoms with Crippen LogP contribution in [0.2, 0.25) is 0 Å². The molecule has 0 spiro atoms. The van der Waals surface area contributed by atoms with Gasteiger partial charge in [0.05, 0.1) is 10.0 Å². The van der Waals surface area contributed by atoms with Gasteiger partial charge in [0, 0.05) is 6.20 Å². The van der Waals surface area contributed by atoms with Gasteiger partial charge in [-0.1, -0.05) is 6.07 Å². The number of hydrogen-bond acceptors (Lipinski definition) is 4. The molecule has 0 aliphatic carbocycles. The first-order chi connectivity index (χ1) is 8.61. The van der Waals surface area contributed by atoms with Crippen molar-refractivity contribution in [3.63, 3.8) is 0 Å². The van der Waals surface area contributed by atoms with Crippen molar-refractivity contribution >= 4 is 21.6 Å². The molecule has 4 nitrogen and oxygen atoms in total. The number of anilines is 1. The number of nitrogen functional groups attached to an aromatic ring is 1. The molecule has 0 aliphatic rings. The molecule has 18 heavy (non-hydrogen) atoms. The number of nitriles is 1. The van der Waals surface area contributed by atoms with E-state index in [-0.39, 0.29) is 11.6 Å². The lowest BCUT2D eigenvalue weighted by molar-refractivity contribution is 0.462. The largest absolute Gasteiger partial charge is 0.436 e. The van der Waals surface area contributed by atoms with Gasteiger partial charge in [-0.15, -0.1) is 0 Å². The highest BCUT2D eigenvalue weighted by Crippen LogP contribution is 2.32. The minimum Gasteiger partial charge on any atom is -0.436 e. The summed E-state index contributed by atoms with van der Waals surface area (Å²) in [6.07, 6.45) is 1.49. The Balaban J connectivity index is 2.38. The number of benzene rings is 1. The Morgan fingerprint density at radius 2 is 2.17 bits per heavy atom. The van der Waals surface area contributed by atoms with Crippen LogP contribution in [0.4, 0.5) is 5.69 Å². The number of nitrogens with two attached hydrogens (primary N) is 1. The molecule has 1 aromatic carbocycles. The lowest BCUT2D eigenvalue weighted by Gasteiger charge is -2.09. The Morgan fingerprint density at radius 1 is 1.39 bits per heavy atom. The molecule has 0 atom stereocenters. The summed E-state index contributed by atoms with van der Waals surface area (Å²) in [6, 6.07) is 9.21. The summed E-state index contributed by atoms with van der Waals surface area (Å²) in [7, 11) is 0. The molecule has 1 heterocycles. The molecule has 90 valence electrons. The Labute approximate surface area is 113 Å². The van der Waals surface area contributed by atoms with Crippen molar-refractivity contribution in [2.75, 3.05) is 5.73 Å². The first-order valence-electron chi connectivity index (χ1n) is 5.20. The SMILES string of the molecule is Cc1ccc(Oc2nccc(C#N)c2N)c(Br)c1. The van der Waals surface area contributed by atoms with Crippen molar-refractivity contribution in [2.45, 2.75) is 6.92 Å². The van der Waals surface area contributed by atoms with Crippen LogP contribution in [-0.4, -0.2) is 4.98 Å². The van der Waals surface area contributed by atoms with Gasteiger partial charge in [-0.2, -0.15) is 5.26 Å². The summed E-state index contributed by atoms with van der Waals surface area (Å²) in [5.41, 5.74) is 7.50. The molecule has 0 unspecified atom stereocenters. The van der Waals surface area contributed by atoms with Crippen molar-refractivity contribution in [1.82, 2.24) is 4.98 Å². The van der Waals surface area contributed by atoms with Gasteiger partial charge in [0.2, 0.25) is 5.88 Å². The van der Waals surface area contributed by atoms with Crippen molar-refractivity contribution in [3.8, 4) is 17.7 Å². The van der Waals surface area contributed by atoms with Crippen LogP contribution in [0.1, 0.15) is 11.1 Å². The van der Waals surface area contributed by atoms with E-state index in [9.17, 15) is 0 Å². The van der Waals surface area contributed by atoms with Crippen LogP contribution in [0.25, 0.3) is 0 Å². The maximum absolute atomic E-state index is 8.88. The molecule has 0 radical (unpaired) electrons. The zero-order valence-corrected chi connectivity index (χ0v) is 11.2. The predicted molar refractivity (Wildman–Crippen MR) is 72.3 cm³/mol. The summed E-state index contributed by atoms with van der Waals surface area (Å²) in [4.78, 5) is 4.03. The lowest BCUT2D eigenvalue weighted by atomic mass is 10.2. The van der Waals surface area contributed by atoms with Gasteiger partial charge < -0.3 is 10.5 Å². The zero-order valence-electron chi connectivity index (χ0n) is 9.64. The number of ether oxygens (including phenoxy) is 1. The van der Waals surface area contributed by atoms with Crippen LogP contribution < -0.4 is 10.5 Å². The van der Waals surface area contributed by atoms with Crippen molar-refractivity contribution in [3.05, 3.63) is 46.1 Å². The molecule has 2 aromatic rings. The van der Waals surface area contributed by atoms with Gasteiger partial charge >= 0.3 is 0 Å². The van der Waals surface area contributed by atoms with E-state index < -0.39 is 0 Å². The molecule has 0 fully saturated rings. The fourth-order valence-electron chi connectivity index (χ4n) is 1.43. The van der Waals surface area contributed by atoms with Gasteiger partial charge in [-0.05, 0) is 46.6 Å². The van der Waals surface area contributed by atoms with E-state index in [1.807, 2.05) is 31.2 Å². The van der Waals surface area contributed by atoms with Crippen LogP contribution >= 0.6 is 15.9 Å². The van der Waals surface area contributed by atoms with Gasteiger partial charge in [0.15, 0.2) is 0 Å². The Hall–Kier alpha value is -2.06. The number of pyridine rings is 1. The quantitative estimate of drug-likeness (QED) is 0.923. The van der Waals surface area contributed by atoms with E-state index in [0.717, 1.165) is 10.0 Å². The van der Waals surface area contributed by atoms with Gasteiger partial charge in [0.25, 0.3) is 0 Å². The number of aryl methyl sites for hydroxylation is 1. The summed E-state index contributed by atoms with van der Waals surface area (Å²) in [5.74, 6) is 0.841. The minimum atomic E-state index is 0.235. The molecular formula is C13H10BrN3O. The topological polar surface area (TPSA) is 71.9 Å². The molecular weight excluding hydrogens is 294 g/mol. The van der Waals surface area contributed by atoms with Gasteiger partial charge in [0.1, 0.15) is 17.5 Å².